The zero-order valence-corrected chi connectivity index (χ0v) is 12.1. The summed E-state index contributed by atoms with van der Waals surface area (Å²) in [7, 11) is 0. The predicted molar refractivity (Wildman–Crippen MR) is 84.0 cm³/mol. The van der Waals surface area contributed by atoms with Gasteiger partial charge in [0.1, 0.15) is 0 Å². The molecule has 100 valence electrons. The highest BCUT2D eigenvalue weighted by atomic mass is 15.1. The maximum atomic E-state index is 2.37. The lowest BCUT2D eigenvalue weighted by Gasteiger charge is -2.22. The van der Waals surface area contributed by atoms with Crippen molar-refractivity contribution >= 4 is 5.69 Å². The Hall–Kier alpha value is -1.76. The van der Waals surface area contributed by atoms with Crippen LogP contribution in [-0.2, 0) is 0 Å². The quantitative estimate of drug-likeness (QED) is 0.747. The maximum absolute atomic E-state index is 2.37. The highest BCUT2D eigenvalue weighted by Crippen LogP contribution is 2.25. The average Bonchev–Trinajstić information content (AvgIpc) is 2.49. The Bertz CT molecular complexity index is 483. The van der Waals surface area contributed by atoms with Gasteiger partial charge in [0.05, 0.1) is 0 Å². The molecule has 2 aromatic rings. The summed E-state index contributed by atoms with van der Waals surface area (Å²) in [6.45, 7) is 8.78. The van der Waals surface area contributed by atoms with E-state index in [1.807, 2.05) is 0 Å². The fraction of sp³-hybridized carbons (Fsp3) is 0.333. The van der Waals surface area contributed by atoms with Crippen molar-refractivity contribution in [1.29, 1.82) is 0 Å². The molecule has 2 rings (SSSR count). The zero-order valence-electron chi connectivity index (χ0n) is 12.1. The Kier molecular flexibility index (Phi) is 4.62. The smallest absolute Gasteiger partial charge is 0.0366 e. The molecule has 0 heterocycles. The van der Waals surface area contributed by atoms with Gasteiger partial charge in [0.2, 0.25) is 0 Å². The highest BCUT2D eigenvalue weighted by molar-refractivity contribution is 5.48. The van der Waals surface area contributed by atoms with Crippen molar-refractivity contribution < 1.29 is 0 Å². The van der Waals surface area contributed by atoms with E-state index in [2.05, 4.69) is 80.3 Å². The first-order valence-electron chi connectivity index (χ1n) is 7.16. The molecule has 19 heavy (non-hydrogen) atoms. The van der Waals surface area contributed by atoms with E-state index in [0.29, 0.717) is 5.92 Å². The van der Waals surface area contributed by atoms with Gasteiger partial charge in [-0.2, -0.15) is 0 Å². The van der Waals surface area contributed by atoms with Gasteiger partial charge >= 0.3 is 0 Å². The first kappa shape index (κ1) is 13.7. The standard InChI is InChI=1S/C18H23N/c1-4-19(5-2)18-13-11-17(12-14-18)15(3)16-9-7-6-8-10-16/h6-15H,4-5H2,1-3H3. The van der Waals surface area contributed by atoms with E-state index in [1.165, 1.54) is 16.8 Å². The van der Waals surface area contributed by atoms with E-state index in [0.717, 1.165) is 13.1 Å². The molecular formula is C18H23N. The number of hydrogen-bond donors (Lipinski definition) is 0. The van der Waals surface area contributed by atoms with E-state index in [-0.39, 0.29) is 0 Å². The maximum Gasteiger partial charge on any atom is 0.0366 e. The summed E-state index contributed by atoms with van der Waals surface area (Å²) in [5, 5.41) is 0. The molecule has 2 aromatic carbocycles. The van der Waals surface area contributed by atoms with Crippen LogP contribution in [0, 0.1) is 0 Å². The van der Waals surface area contributed by atoms with Crippen molar-refractivity contribution in [1.82, 2.24) is 0 Å². The van der Waals surface area contributed by atoms with Crippen molar-refractivity contribution in [2.75, 3.05) is 18.0 Å². The lowest BCUT2D eigenvalue weighted by Crippen LogP contribution is -2.21. The molecule has 0 radical (unpaired) electrons. The Balaban J connectivity index is 2.19. The molecule has 1 unspecified atom stereocenters. The van der Waals surface area contributed by atoms with Crippen LogP contribution in [0.4, 0.5) is 5.69 Å². The van der Waals surface area contributed by atoms with Crippen molar-refractivity contribution in [3.05, 3.63) is 65.7 Å². The Morgan fingerprint density at radius 2 is 1.32 bits per heavy atom. The molecule has 0 bridgehead atoms. The van der Waals surface area contributed by atoms with Gasteiger partial charge in [0, 0.05) is 24.7 Å². The normalized spacial score (nSPS) is 12.2. The molecule has 1 atom stereocenters. The van der Waals surface area contributed by atoms with E-state index in [4.69, 9.17) is 0 Å². The number of anilines is 1. The average molecular weight is 253 g/mol. The van der Waals surface area contributed by atoms with Gasteiger partial charge in [0.25, 0.3) is 0 Å². The SMILES string of the molecule is CCN(CC)c1ccc(C(C)c2ccccc2)cc1. The summed E-state index contributed by atoms with van der Waals surface area (Å²) < 4.78 is 0. The molecule has 0 amide bonds. The summed E-state index contributed by atoms with van der Waals surface area (Å²) in [5.41, 5.74) is 4.06. The second-order valence-corrected chi connectivity index (χ2v) is 4.90. The first-order valence-corrected chi connectivity index (χ1v) is 7.16. The molecular weight excluding hydrogens is 230 g/mol. The predicted octanol–water partition coefficient (Wildman–Crippen LogP) is 4.68. The lowest BCUT2D eigenvalue weighted by molar-refractivity contribution is 0.863. The molecule has 0 fully saturated rings. The molecule has 0 saturated heterocycles. The molecule has 0 aliphatic heterocycles. The summed E-state index contributed by atoms with van der Waals surface area (Å²) in [5.74, 6) is 0.451. The van der Waals surface area contributed by atoms with Gasteiger partial charge < -0.3 is 4.90 Å². The van der Waals surface area contributed by atoms with Crippen molar-refractivity contribution in [2.24, 2.45) is 0 Å². The number of benzene rings is 2. The van der Waals surface area contributed by atoms with E-state index < -0.39 is 0 Å². The second-order valence-electron chi connectivity index (χ2n) is 4.90. The van der Waals surface area contributed by atoms with Crippen LogP contribution in [0.2, 0.25) is 0 Å². The Morgan fingerprint density at radius 3 is 1.84 bits per heavy atom. The van der Waals surface area contributed by atoms with Crippen LogP contribution in [0.1, 0.15) is 37.8 Å². The third-order valence-electron chi connectivity index (χ3n) is 3.82. The van der Waals surface area contributed by atoms with E-state index in [9.17, 15) is 0 Å². The van der Waals surface area contributed by atoms with Crippen LogP contribution in [0.15, 0.2) is 54.6 Å². The third kappa shape index (κ3) is 3.17. The zero-order chi connectivity index (χ0) is 13.7. The van der Waals surface area contributed by atoms with Gasteiger partial charge in [0.15, 0.2) is 0 Å². The summed E-state index contributed by atoms with van der Waals surface area (Å²) in [4.78, 5) is 2.37. The highest BCUT2D eigenvalue weighted by Gasteiger charge is 2.08. The first-order chi connectivity index (χ1) is 9.26. The van der Waals surface area contributed by atoms with Crippen molar-refractivity contribution in [2.45, 2.75) is 26.7 Å². The number of rotatable bonds is 5. The summed E-state index contributed by atoms with van der Waals surface area (Å²) >= 11 is 0. The molecule has 0 aliphatic carbocycles. The molecule has 0 saturated carbocycles. The van der Waals surface area contributed by atoms with Crippen molar-refractivity contribution in [3.8, 4) is 0 Å². The van der Waals surface area contributed by atoms with E-state index in [1.54, 1.807) is 0 Å². The van der Waals surface area contributed by atoms with Crippen LogP contribution in [0.3, 0.4) is 0 Å². The van der Waals surface area contributed by atoms with E-state index >= 15 is 0 Å². The third-order valence-corrected chi connectivity index (χ3v) is 3.82. The molecule has 0 N–H and O–H groups in total. The van der Waals surface area contributed by atoms with Crippen LogP contribution < -0.4 is 4.90 Å². The summed E-state index contributed by atoms with van der Waals surface area (Å²) in [6.07, 6.45) is 0. The Morgan fingerprint density at radius 1 is 0.789 bits per heavy atom. The minimum Gasteiger partial charge on any atom is -0.372 e. The molecule has 0 spiro atoms. The molecule has 0 aromatic heterocycles. The topological polar surface area (TPSA) is 3.24 Å². The van der Waals surface area contributed by atoms with Crippen LogP contribution >= 0.6 is 0 Å². The van der Waals surface area contributed by atoms with Gasteiger partial charge in [-0.3, -0.25) is 0 Å². The molecule has 1 nitrogen and oxygen atoms in total. The minimum atomic E-state index is 0.451. The summed E-state index contributed by atoms with van der Waals surface area (Å²) in [6, 6.07) is 19.7. The minimum absolute atomic E-state index is 0.451. The monoisotopic (exact) mass is 253 g/mol. The van der Waals surface area contributed by atoms with Gasteiger partial charge in [-0.15, -0.1) is 0 Å². The largest absolute Gasteiger partial charge is 0.372 e. The van der Waals surface area contributed by atoms with Crippen LogP contribution in [0.25, 0.3) is 0 Å². The number of hydrogen-bond acceptors (Lipinski definition) is 1. The second kappa shape index (κ2) is 6.42. The van der Waals surface area contributed by atoms with Gasteiger partial charge in [-0.25, -0.2) is 0 Å². The van der Waals surface area contributed by atoms with Gasteiger partial charge in [-0.1, -0.05) is 49.4 Å². The fourth-order valence-corrected chi connectivity index (χ4v) is 2.50. The van der Waals surface area contributed by atoms with Gasteiger partial charge in [-0.05, 0) is 37.1 Å². The lowest BCUT2D eigenvalue weighted by atomic mass is 9.93. The van der Waals surface area contributed by atoms with Crippen molar-refractivity contribution in [3.63, 3.8) is 0 Å². The van der Waals surface area contributed by atoms with Crippen LogP contribution in [0.5, 0.6) is 0 Å². The van der Waals surface area contributed by atoms with Crippen LogP contribution in [-0.4, -0.2) is 13.1 Å². The fourth-order valence-electron chi connectivity index (χ4n) is 2.50. The molecule has 1 heteroatoms. The number of nitrogens with zero attached hydrogens (tertiary/aromatic N) is 1. The Labute approximate surface area is 116 Å². The molecule has 0 aliphatic rings.